The number of nitriles is 1. The number of rotatable bonds is 4. The molecule has 0 radical (unpaired) electrons. The predicted octanol–water partition coefficient (Wildman–Crippen LogP) is 0.809. The number of halogens is 1. The molecule has 0 saturated carbocycles. The molecular formula is C10H10BrN3O2S. The zero-order valence-electron chi connectivity index (χ0n) is 8.83. The quantitative estimate of drug-likeness (QED) is 0.637. The van der Waals surface area contributed by atoms with Crippen molar-refractivity contribution in [2.45, 2.75) is 6.42 Å². The van der Waals surface area contributed by atoms with Gasteiger partial charge in [-0.15, -0.1) is 11.3 Å². The first-order chi connectivity index (χ1) is 8.13. The summed E-state index contributed by atoms with van der Waals surface area (Å²) in [5, 5.41) is 12.9. The summed E-state index contributed by atoms with van der Waals surface area (Å²) in [6, 6.07) is 5.61. The summed E-state index contributed by atoms with van der Waals surface area (Å²) in [4.78, 5) is 23.4. The highest BCUT2D eigenvalue weighted by Gasteiger charge is 2.11. The summed E-state index contributed by atoms with van der Waals surface area (Å²) in [7, 11) is 0. The van der Waals surface area contributed by atoms with E-state index in [1.54, 1.807) is 17.4 Å². The maximum absolute atomic E-state index is 11.2. The van der Waals surface area contributed by atoms with Crippen LogP contribution in [0.1, 0.15) is 4.88 Å². The normalized spacial score (nSPS) is 9.41. The van der Waals surface area contributed by atoms with Gasteiger partial charge in [-0.25, -0.2) is 0 Å². The highest BCUT2D eigenvalue weighted by molar-refractivity contribution is 9.11. The van der Waals surface area contributed by atoms with Gasteiger partial charge in [0, 0.05) is 11.4 Å². The van der Waals surface area contributed by atoms with Gasteiger partial charge in [0.2, 0.25) is 0 Å². The monoisotopic (exact) mass is 315 g/mol. The van der Waals surface area contributed by atoms with Crippen molar-refractivity contribution in [1.29, 1.82) is 5.26 Å². The lowest BCUT2D eigenvalue weighted by Crippen LogP contribution is -2.40. The minimum absolute atomic E-state index is 0.163. The van der Waals surface area contributed by atoms with E-state index in [2.05, 4.69) is 26.6 Å². The summed E-state index contributed by atoms with van der Waals surface area (Å²) < 4.78 is 1.03. The number of hydrogen-bond acceptors (Lipinski definition) is 4. The molecule has 0 aliphatic rings. The fourth-order valence-corrected chi connectivity index (χ4v) is 2.55. The van der Waals surface area contributed by atoms with Crippen LogP contribution in [0.3, 0.4) is 0 Å². The molecular weight excluding hydrogens is 306 g/mol. The summed E-state index contributed by atoms with van der Waals surface area (Å²) >= 11 is 4.92. The largest absolute Gasteiger partial charge is 0.347 e. The van der Waals surface area contributed by atoms with Crippen molar-refractivity contribution in [1.82, 2.24) is 10.6 Å². The molecule has 0 saturated heterocycles. The molecule has 0 aliphatic heterocycles. The average Bonchev–Trinajstić information content (AvgIpc) is 2.71. The molecule has 2 amide bonds. The summed E-state index contributed by atoms with van der Waals surface area (Å²) in [6.45, 7) is 0.232. The van der Waals surface area contributed by atoms with Crippen molar-refractivity contribution < 1.29 is 9.59 Å². The smallest absolute Gasteiger partial charge is 0.310 e. The predicted molar refractivity (Wildman–Crippen MR) is 67.4 cm³/mol. The van der Waals surface area contributed by atoms with E-state index in [0.29, 0.717) is 13.0 Å². The minimum atomic E-state index is -0.779. The summed E-state index contributed by atoms with van der Waals surface area (Å²) in [5.74, 6) is -1.49. The zero-order chi connectivity index (χ0) is 12.7. The lowest BCUT2D eigenvalue weighted by molar-refractivity contribution is -0.139. The first-order valence-electron chi connectivity index (χ1n) is 4.80. The van der Waals surface area contributed by atoms with E-state index in [0.717, 1.165) is 8.66 Å². The second-order valence-electron chi connectivity index (χ2n) is 3.05. The van der Waals surface area contributed by atoms with E-state index >= 15 is 0 Å². The fraction of sp³-hybridized carbons (Fsp3) is 0.300. The molecule has 1 rings (SSSR count). The van der Waals surface area contributed by atoms with E-state index in [1.807, 2.05) is 12.1 Å². The highest BCUT2D eigenvalue weighted by Crippen LogP contribution is 2.21. The summed E-state index contributed by atoms with van der Waals surface area (Å²) in [6.07, 6.45) is 0.674. The van der Waals surface area contributed by atoms with Crippen LogP contribution in [0.4, 0.5) is 0 Å². The van der Waals surface area contributed by atoms with Gasteiger partial charge in [0.1, 0.15) is 6.54 Å². The number of carbonyl (C=O) groups is 2. The third-order valence-electron chi connectivity index (χ3n) is 1.82. The molecule has 0 unspecified atom stereocenters. The SMILES string of the molecule is N#CCNC(=O)C(=O)NCCc1ccc(Br)s1. The molecule has 1 aromatic heterocycles. The van der Waals surface area contributed by atoms with Crippen LogP contribution in [-0.2, 0) is 16.0 Å². The lowest BCUT2D eigenvalue weighted by Gasteiger charge is -2.03. The van der Waals surface area contributed by atoms with Crippen molar-refractivity contribution in [2.24, 2.45) is 0 Å². The van der Waals surface area contributed by atoms with Gasteiger partial charge < -0.3 is 10.6 Å². The van der Waals surface area contributed by atoms with E-state index in [9.17, 15) is 9.59 Å². The number of thiophene rings is 1. The Labute approximate surface area is 111 Å². The van der Waals surface area contributed by atoms with Crippen LogP contribution in [0.5, 0.6) is 0 Å². The average molecular weight is 316 g/mol. The molecule has 0 atom stereocenters. The van der Waals surface area contributed by atoms with Crippen molar-refractivity contribution >= 4 is 39.1 Å². The molecule has 1 heterocycles. The maximum atomic E-state index is 11.2. The number of amides is 2. The van der Waals surface area contributed by atoms with Gasteiger partial charge in [-0.05, 0) is 34.5 Å². The van der Waals surface area contributed by atoms with Gasteiger partial charge in [0.15, 0.2) is 0 Å². The Bertz CT molecular complexity index is 453. The third-order valence-corrected chi connectivity index (χ3v) is 3.50. The molecule has 0 aliphatic carbocycles. The molecule has 0 aromatic carbocycles. The first-order valence-corrected chi connectivity index (χ1v) is 6.41. The Hall–Kier alpha value is -1.39. The maximum Gasteiger partial charge on any atom is 0.310 e. The van der Waals surface area contributed by atoms with Gasteiger partial charge in [0.05, 0.1) is 9.86 Å². The van der Waals surface area contributed by atoms with Crippen LogP contribution in [0.2, 0.25) is 0 Å². The second-order valence-corrected chi connectivity index (χ2v) is 5.60. The van der Waals surface area contributed by atoms with E-state index in [-0.39, 0.29) is 6.54 Å². The third kappa shape index (κ3) is 4.97. The molecule has 0 fully saturated rings. The van der Waals surface area contributed by atoms with Gasteiger partial charge >= 0.3 is 11.8 Å². The van der Waals surface area contributed by atoms with Crippen molar-refractivity contribution in [3.8, 4) is 6.07 Å². The molecule has 2 N–H and O–H groups in total. The van der Waals surface area contributed by atoms with Gasteiger partial charge in [-0.2, -0.15) is 5.26 Å². The van der Waals surface area contributed by atoms with Crippen LogP contribution in [0.15, 0.2) is 15.9 Å². The standard InChI is InChI=1S/C10H10BrN3O2S/c11-8-2-1-7(17-8)3-5-13-9(15)10(16)14-6-4-12/h1-2H,3,5-6H2,(H,13,15)(H,14,16). The number of nitrogens with zero attached hydrogens (tertiary/aromatic N) is 1. The molecule has 90 valence electrons. The highest BCUT2D eigenvalue weighted by atomic mass is 79.9. The van der Waals surface area contributed by atoms with E-state index in [1.165, 1.54) is 0 Å². The van der Waals surface area contributed by atoms with E-state index in [4.69, 9.17) is 5.26 Å². The van der Waals surface area contributed by atoms with Crippen LogP contribution < -0.4 is 10.6 Å². The van der Waals surface area contributed by atoms with Gasteiger partial charge in [-0.1, -0.05) is 0 Å². The lowest BCUT2D eigenvalue weighted by atomic mass is 10.3. The number of nitrogens with one attached hydrogen (secondary N) is 2. The van der Waals surface area contributed by atoms with Crippen molar-refractivity contribution in [3.63, 3.8) is 0 Å². The van der Waals surface area contributed by atoms with Crippen LogP contribution in [0.25, 0.3) is 0 Å². The first kappa shape index (κ1) is 13.7. The number of hydrogen-bond donors (Lipinski definition) is 2. The Morgan fingerprint density at radius 2 is 2.06 bits per heavy atom. The molecule has 1 aromatic rings. The van der Waals surface area contributed by atoms with Crippen LogP contribution in [-0.4, -0.2) is 24.9 Å². The Morgan fingerprint density at radius 1 is 1.35 bits per heavy atom. The van der Waals surface area contributed by atoms with Crippen LogP contribution in [0, 0.1) is 11.3 Å². The number of carbonyl (C=O) groups excluding carboxylic acids is 2. The molecule has 7 heteroatoms. The van der Waals surface area contributed by atoms with Crippen molar-refractivity contribution in [2.75, 3.05) is 13.1 Å². The molecule has 5 nitrogen and oxygen atoms in total. The topological polar surface area (TPSA) is 82.0 Å². The second kappa shape index (κ2) is 7.04. The molecule has 0 bridgehead atoms. The van der Waals surface area contributed by atoms with Gasteiger partial charge in [0.25, 0.3) is 0 Å². The van der Waals surface area contributed by atoms with Crippen LogP contribution >= 0.6 is 27.3 Å². The van der Waals surface area contributed by atoms with Gasteiger partial charge in [-0.3, -0.25) is 9.59 Å². The Balaban J connectivity index is 2.24. The Morgan fingerprint density at radius 3 is 2.65 bits per heavy atom. The zero-order valence-corrected chi connectivity index (χ0v) is 11.2. The minimum Gasteiger partial charge on any atom is -0.347 e. The fourth-order valence-electron chi connectivity index (χ4n) is 1.07. The molecule has 17 heavy (non-hydrogen) atoms. The molecule has 0 spiro atoms. The Kier molecular flexibility index (Phi) is 5.66. The van der Waals surface area contributed by atoms with E-state index < -0.39 is 11.8 Å². The van der Waals surface area contributed by atoms with Crippen molar-refractivity contribution in [3.05, 3.63) is 20.8 Å². The summed E-state index contributed by atoms with van der Waals surface area (Å²) in [5.41, 5.74) is 0.